The molecule has 0 bridgehead atoms. The van der Waals surface area contributed by atoms with Crippen LogP contribution in [0.3, 0.4) is 0 Å². The predicted octanol–water partition coefficient (Wildman–Crippen LogP) is 5.50. The summed E-state index contributed by atoms with van der Waals surface area (Å²) in [6, 6.07) is 22.6. The molecule has 0 fully saturated rings. The minimum absolute atomic E-state index is 0.0653. The molecule has 118 valence electrons. The number of anilines is 1. The second-order valence-electron chi connectivity index (χ2n) is 5.74. The number of hydrogen-bond donors (Lipinski definition) is 1. The zero-order chi connectivity index (χ0) is 16.7. The van der Waals surface area contributed by atoms with Crippen LogP contribution in [0.2, 0.25) is 0 Å². The van der Waals surface area contributed by atoms with Gasteiger partial charge in [0.15, 0.2) is 0 Å². The van der Waals surface area contributed by atoms with Crippen LogP contribution in [0.15, 0.2) is 71.2 Å². The number of nitrogens with one attached hydrogen (secondary N) is 1. The van der Waals surface area contributed by atoms with Crippen molar-refractivity contribution in [2.75, 3.05) is 5.32 Å². The number of carbonyl (C=O) groups is 1. The molecule has 24 heavy (non-hydrogen) atoms. The van der Waals surface area contributed by atoms with Crippen molar-refractivity contribution in [2.24, 2.45) is 0 Å². The van der Waals surface area contributed by atoms with Crippen LogP contribution in [0, 0.1) is 0 Å². The molecule has 1 aromatic heterocycles. The molecular weight excluding hydrogens is 364 g/mol. The van der Waals surface area contributed by atoms with Crippen molar-refractivity contribution in [1.82, 2.24) is 4.57 Å². The van der Waals surface area contributed by atoms with Crippen molar-refractivity contribution in [1.29, 1.82) is 0 Å². The molecule has 0 atom stereocenters. The summed E-state index contributed by atoms with van der Waals surface area (Å²) in [7, 11) is 0. The minimum Gasteiger partial charge on any atom is -0.326 e. The molecule has 0 spiro atoms. The van der Waals surface area contributed by atoms with Gasteiger partial charge in [-0.15, -0.1) is 0 Å². The second-order valence-corrected chi connectivity index (χ2v) is 6.66. The Hall–Kier alpha value is -2.59. The first-order chi connectivity index (χ1) is 11.6. The topological polar surface area (TPSA) is 34.0 Å². The van der Waals surface area contributed by atoms with Crippen molar-refractivity contribution < 1.29 is 4.79 Å². The number of nitrogens with zero attached hydrogens (tertiary/aromatic N) is 1. The summed E-state index contributed by atoms with van der Waals surface area (Å²) >= 11 is 3.57. The lowest BCUT2D eigenvalue weighted by molar-refractivity contribution is -0.114. The number of rotatable bonds is 2. The van der Waals surface area contributed by atoms with E-state index in [2.05, 4.69) is 68.3 Å². The molecule has 4 heteroatoms. The van der Waals surface area contributed by atoms with Gasteiger partial charge in [-0.1, -0.05) is 34.1 Å². The SMILES string of the molecule is CC(=O)Nc1ccc(-n2c3ccccc3c3cc(Br)ccc32)cc1. The van der Waals surface area contributed by atoms with E-state index in [0.29, 0.717) is 0 Å². The summed E-state index contributed by atoms with van der Waals surface area (Å²) in [6.07, 6.45) is 0. The Morgan fingerprint density at radius 2 is 1.62 bits per heavy atom. The van der Waals surface area contributed by atoms with E-state index in [9.17, 15) is 4.79 Å². The second kappa shape index (κ2) is 5.80. The van der Waals surface area contributed by atoms with Gasteiger partial charge in [0.25, 0.3) is 0 Å². The van der Waals surface area contributed by atoms with Crippen molar-refractivity contribution in [3.63, 3.8) is 0 Å². The lowest BCUT2D eigenvalue weighted by Gasteiger charge is -2.09. The van der Waals surface area contributed by atoms with Crippen LogP contribution in [0.4, 0.5) is 5.69 Å². The molecule has 3 aromatic carbocycles. The Balaban J connectivity index is 1.96. The highest BCUT2D eigenvalue weighted by atomic mass is 79.9. The monoisotopic (exact) mass is 378 g/mol. The lowest BCUT2D eigenvalue weighted by Crippen LogP contribution is -2.05. The molecule has 0 unspecified atom stereocenters. The molecule has 4 aromatic rings. The number of halogens is 1. The van der Waals surface area contributed by atoms with Gasteiger partial charge in [0.05, 0.1) is 11.0 Å². The van der Waals surface area contributed by atoms with Crippen LogP contribution in [-0.2, 0) is 4.79 Å². The molecule has 0 aliphatic heterocycles. The molecule has 0 radical (unpaired) electrons. The third-order valence-corrected chi connectivity index (χ3v) is 4.57. The van der Waals surface area contributed by atoms with Crippen molar-refractivity contribution in [2.45, 2.75) is 6.92 Å². The van der Waals surface area contributed by atoms with Crippen LogP contribution >= 0.6 is 15.9 Å². The Labute approximate surface area is 148 Å². The van der Waals surface area contributed by atoms with E-state index in [0.717, 1.165) is 26.9 Å². The summed E-state index contributed by atoms with van der Waals surface area (Å²) in [4.78, 5) is 11.2. The van der Waals surface area contributed by atoms with Crippen molar-refractivity contribution >= 4 is 49.3 Å². The van der Waals surface area contributed by atoms with Gasteiger partial charge in [-0.3, -0.25) is 4.79 Å². The molecule has 4 rings (SSSR count). The first-order valence-corrected chi connectivity index (χ1v) is 8.49. The van der Waals surface area contributed by atoms with E-state index in [1.807, 2.05) is 24.3 Å². The number of fused-ring (bicyclic) bond motifs is 3. The Bertz CT molecular complexity index is 1060. The molecule has 0 aliphatic carbocycles. The number of benzene rings is 3. The Morgan fingerprint density at radius 3 is 2.38 bits per heavy atom. The summed E-state index contributed by atoms with van der Waals surface area (Å²) in [5.41, 5.74) is 4.19. The van der Waals surface area contributed by atoms with Gasteiger partial charge < -0.3 is 9.88 Å². The van der Waals surface area contributed by atoms with Gasteiger partial charge in [-0.05, 0) is 48.5 Å². The minimum atomic E-state index is -0.0653. The zero-order valence-electron chi connectivity index (χ0n) is 13.1. The van der Waals surface area contributed by atoms with Gasteiger partial charge in [-0.2, -0.15) is 0 Å². The van der Waals surface area contributed by atoms with E-state index < -0.39 is 0 Å². The summed E-state index contributed by atoms with van der Waals surface area (Å²) in [5.74, 6) is -0.0653. The van der Waals surface area contributed by atoms with Crippen LogP contribution in [0.1, 0.15) is 6.92 Å². The van der Waals surface area contributed by atoms with Gasteiger partial charge in [0.1, 0.15) is 0 Å². The van der Waals surface area contributed by atoms with E-state index in [4.69, 9.17) is 0 Å². The highest BCUT2D eigenvalue weighted by Crippen LogP contribution is 2.33. The van der Waals surface area contributed by atoms with E-state index >= 15 is 0 Å². The first kappa shape index (κ1) is 15.0. The molecule has 1 amide bonds. The predicted molar refractivity (Wildman–Crippen MR) is 103 cm³/mol. The molecule has 1 N–H and O–H groups in total. The summed E-state index contributed by atoms with van der Waals surface area (Å²) in [5, 5.41) is 5.24. The first-order valence-electron chi connectivity index (χ1n) is 7.70. The van der Waals surface area contributed by atoms with Crippen LogP contribution in [0.5, 0.6) is 0 Å². The fourth-order valence-corrected chi connectivity index (χ4v) is 3.48. The lowest BCUT2D eigenvalue weighted by atomic mass is 10.2. The molecule has 0 aliphatic rings. The fraction of sp³-hybridized carbons (Fsp3) is 0.0500. The number of hydrogen-bond acceptors (Lipinski definition) is 1. The maximum absolute atomic E-state index is 11.2. The van der Waals surface area contributed by atoms with E-state index in [1.54, 1.807) is 0 Å². The highest BCUT2D eigenvalue weighted by Gasteiger charge is 2.12. The smallest absolute Gasteiger partial charge is 0.221 e. The summed E-state index contributed by atoms with van der Waals surface area (Å²) in [6.45, 7) is 1.51. The quantitative estimate of drug-likeness (QED) is 0.490. The largest absolute Gasteiger partial charge is 0.326 e. The van der Waals surface area contributed by atoms with Crippen LogP contribution in [0.25, 0.3) is 27.5 Å². The van der Waals surface area contributed by atoms with E-state index in [1.165, 1.54) is 17.7 Å². The highest BCUT2D eigenvalue weighted by molar-refractivity contribution is 9.10. The summed E-state index contributed by atoms with van der Waals surface area (Å²) < 4.78 is 3.31. The normalized spacial score (nSPS) is 11.1. The molecule has 0 saturated carbocycles. The maximum Gasteiger partial charge on any atom is 0.221 e. The van der Waals surface area contributed by atoms with Crippen molar-refractivity contribution in [3.05, 3.63) is 71.2 Å². The molecule has 0 saturated heterocycles. The van der Waals surface area contributed by atoms with Gasteiger partial charge in [0.2, 0.25) is 5.91 Å². The van der Waals surface area contributed by atoms with Gasteiger partial charge in [0, 0.05) is 33.5 Å². The standard InChI is InChI=1S/C20H15BrN2O/c1-13(24)22-15-7-9-16(10-8-15)23-19-5-3-2-4-17(19)18-12-14(21)6-11-20(18)23/h2-12H,1H3,(H,22,24). The average Bonchev–Trinajstić information content (AvgIpc) is 2.89. The van der Waals surface area contributed by atoms with Gasteiger partial charge in [-0.25, -0.2) is 0 Å². The zero-order valence-corrected chi connectivity index (χ0v) is 14.7. The average molecular weight is 379 g/mol. The van der Waals surface area contributed by atoms with E-state index in [-0.39, 0.29) is 5.91 Å². The number of para-hydroxylation sites is 1. The van der Waals surface area contributed by atoms with Crippen LogP contribution < -0.4 is 5.32 Å². The number of aromatic nitrogens is 1. The molecular formula is C20H15BrN2O. The number of amides is 1. The molecule has 3 nitrogen and oxygen atoms in total. The van der Waals surface area contributed by atoms with Gasteiger partial charge >= 0.3 is 0 Å². The number of carbonyl (C=O) groups excluding carboxylic acids is 1. The fourth-order valence-electron chi connectivity index (χ4n) is 3.12. The third kappa shape index (κ3) is 2.49. The van der Waals surface area contributed by atoms with Crippen LogP contribution in [-0.4, -0.2) is 10.5 Å². The Kier molecular flexibility index (Phi) is 3.62. The molecule has 1 heterocycles. The Morgan fingerprint density at radius 1 is 0.917 bits per heavy atom. The maximum atomic E-state index is 11.2. The third-order valence-electron chi connectivity index (χ3n) is 4.08. The van der Waals surface area contributed by atoms with Crippen molar-refractivity contribution in [3.8, 4) is 5.69 Å².